The molecular formula is C26H22ClF4N5O. The highest BCUT2D eigenvalue weighted by Crippen LogP contribution is 2.36. The van der Waals surface area contributed by atoms with Crippen LogP contribution in [0, 0.1) is 11.2 Å². The maximum atomic E-state index is 13.7. The SMILES string of the molecule is CC(NC(=O)c1cc(Cn2ccn(C)c2=N)cc(-c2cccnc2C(F)(F)F)c1)c1ccc(F)c(Cl)c1. The number of aryl methyl sites for hydroxylation is 1. The molecule has 1 atom stereocenters. The predicted molar refractivity (Wildman–Crippen MR) is 130 cm³/mol. The number of aromatic nitrogens is 3. The molecule has 11 heteroatoms. The van der Waals surface area contributed by atoms with Gasteiger partial charge in [-0.1, -0.05) is 23.7 Å². The molecule has 0 saturated heterocycles. The summed E-state index contributed by atoms with van der Waals surface area (Å²) in [5, 5.41) is 10.9. The zero-order chi connectivity index (χ0) is 26.9. The fraction of sp³-hybridized carbons (Fsp3) is 0.192. The second-order valence-corrected chi connectivity index (χ2v) is 8.95. The molecule has 0 spiro atoms. The van der Waals surface area contributed by atoms with Crippen LogP contribution in [-0.4, -0.2) is 20.0 Å². The first-order valence-electron chi connectivity index (χ1n) is 11.1. The average Bonchev–Trinajstić information content (AvgIpc) is 3.17. The summed E-state index contributed by atoms with van der Waals surface area (Å²) in [7, 11) is 1.70. The number of carbonyl (C=O) groups excluding carboxylic acids is 1. The van der Waals surface area contributed by atoms with E-state index in [1.807, 2.05) is 0 Å². The summed E-state index contributed by atoms with van der Waals surface area (Å²) in [6, 6.07) is 10.7. The molecule has 37 heavy (non-hydrogen) atoms. The van der Waals surface area contributed by atoms with E-state index >= 15 is 0 Å². The molecule has 0 bridgehead atoms. The third kappa shape index (κ3) is 5.75. The van der Waals surface area contributed by atoms with Crippen LogP contribution in [-0.2, 0) is 19.8 Å². The predicted octanol–water partition coefficient (Wildman–Crippen LogP) is 5.72. The van der Waals surface area contributed by atoms with Gasteiger partial charge >= 0.3 is 6.18 Å². The van der Waals surface area contributed by atoms with Gasteiger partial charge in [-0.15, -0.1) is 0 Å². The Morgan fingerprint density at radius 2 is 1.92 bits per heavy atom. The number of amides is 1. The molecule has 0 aliphatic rings. The molecule has 192 valence electrons. The topological polar surface area (TPSA) is 75.7 Å². The fourth-order valence-electron chi connectivity index (χ4n) is 3.93. The van der Waals surface area contributed by atoms with Crippen LogP contribution in [0.4, 0.5) is 17.6 Å². The van der Waals surface area contributed by atoms with Crippen LogP contribution < -0.4 is 10.9 Å². The number of pyridine rings is 1. The van der Waals surface area contributed by atoms with Crippen molar-refractivity contribution in [3.05, 3.63) is 106 Å². The molecule has 2 aromatic heterocycles. The smallest absolute Gasteiger partial charge is 0.346 e. The number of carbonyl (C=O) groups is 1. The highest BCUT2D eigenvalue weighted by molar-refractivity contribution is 6.30. The quantitative estimate of drug-likeness (QED) is 0.312. The molecule has 0 radical (unpaired) electrons. The van der Waals surface area contributed by atoms with Crippen molar-refractivity contribution in [1.29, 1.82) is 5.41 Å². The third-order valence-electron chi connectivity index (χ3n) is 5.86. The Kier molecular flexibility index (Phi) is 7.22. The molecule has 0 aliphatic carbocycles. The molecule has 2 aromatic carbocycles. The van der Waals surface area contributed by atoms with Crippen molar-refractivity contribution in [2.24, 2.45) is 7.05 Å². The Morgan fingerprint density at radius 1 is 1.16 bits per heavy atom. The van der Waals surface area contributed by atoms with Crippen molar-refractivity contribution in [2.45, 2.75) is 25.7 Å². The minimum absolute atomic E-state index is 0.0924. The standard InChI is InChI=1S/C26H22ClF4N5O/c1-15(17-5-6-22(28)21(27)13-17)34-24(37)19-11-16(14-36-9-8-35(2)25(36)32)10-18(12-19)20-4-3-7-33-23(20)26(29,30)31/h3-13,15,32H,14H2,1-2H3,(H,34,37). The molecule has 4 aromatic rings. The number of hydrogen-bond donors (Lipinski definition) is 2. The Balaban J connectivity index is 1.76. The largest absolute Gasteiger partial charge is 0.433 e. The van der Waals surface area contributed by atoms with Crippen LogP contribution in [0.25, 0.3) is 11.1 Å². The van der Waals surface area contributed by atoms with E-state index in [0.29, 0.717) is 11.1 Å². The van der Waals surface area contributed by atoms with Crippen LogP contribution in [0.1, 0.15) is 40.1 Å². The molecule has 0 saturated carbocycles. The Hall–Kier alpha value is -3.92. The van der Waals surface area contributed by atoms with Gasteiger partial charge in [0.05, 0.1) is 17.6 Å². The first-order valence-corrected chi connectivity index (χ1v) is 11.5. The molecule has 1 unspecified atom stereocenters. The van der Waals surface area contributed by atoms with E-state index < -0.39 is 29.6 Å². The van der Waals surface area contributed by atoms with E-state index in [0.717, 1.165) is 6.20 Å². The summed E-state index contributed by atoms with van der Waals surface area (Å²) in [4.78, 5) is 16.7. The molecule has 2 heterocycles. The highest BCUT2D eigenvalue weighted by atomic mass is 35.5. The second-order valence-electron chi connectivity index (χ2n) is 8.55. The van der Waals surface area contributed by atoms with Crippen LogP contribution in [0.2, 0.25) is 5.02 Å². The lowest BCUT2D eigenvalue weighted by molar-refractivity contribution is -0.140. The monoisotopic (exact) mass is 531 g/mol. The highest BCUT2D eigenvalue weighted by Gasteiger charge is 2.35. The van der Waals surface area contributed by atoms with Crippen LogP contribution in [0.5, 0.6) is 0 Å². The van der Waals surface area contributed by atoms with Gasteiger partial charge in [-0.25, -0.2) is 4.39 Å². The number of nitrogens with one attached hydrogen (secondary N) is 2. The number of benzene rings is 2. The van der Waals surface area contributed by atoms with Crippen molar-refractivity contribution in [2.75, 3.05) is 0 Å². The van der Waals surface area contributed by atoms with Crippen LogP contribution in [0.3, 0.4) is 0 Å². The average molecular weight is 532 g/mol. The summed E-state index contributed by atoms with van der Waals surface area (Å²) in [6.45, 7) is 1.83. The van der Waals surface area contributed by atoms with E-state index in [1.54, 1.807) is 47.6 Å². The lowest BCUT2D eigenvalue weighted by Gasteiger charge is -2.17. The number of nitrogens with zero attached hydrogens (tertiary/aromatic N) is 3. The molecule has 2 N–H and O–H groups in total. The van der Waals surface area contributed by atoms with Crippen LogP contribution >= 0.6 is 11.6 Å². The van der Waals surface area contributed by atoms with Crippen molar-refractivity contribution in [1.82, 2.24) is 19.4 Å². The second kappa shape index (κ2) is 10.2. The molecule has 6 nitrogen and oxygen atoms in total. The first-order chi connectivity index (χ1) is 17.4. The third-order valence-corrected chi connectivity index (χ3v) is 6.15. The summed E-state index contributed by atoms with van der Waals surface area (Å²) >= 11 is 5.86. The zero-order valence-corrected chi connectivity index (χ0v) is 20.5. The van der Waals surface area contributed by atoms with E-state index in [1.165, 1.54) is 36.4 Å². The molecule has 1 amide bonds. The number of alkyl halides is 3. The minimum atomic E-state index is -4.70. The lowest BCUT2D eigenvalue weighted by atomic mass is 9.97. The van der Waals surface area contributed by atoms with Crippen molar-refractivity contribution >= 4 is 17.5 Å². The van der Waals surface area contributed by atoms with Crippen molar-refractivity contribution < 1.29 is 22.4 Å². The van der Waals surface area contributed by atoms with Gasteiger partial charge in [0.2, 0.25) is 5.62 Å². The van der Waals surface area contributed by atoms with E-state index in [2.05, 4.69) is 10.3 Å². The Morgan fingerprint density at radius 3 is 2.57 bits per heavy atom. The van der Waals surface area contributed by atoms with Gasteiger partial charge in [-0.2, -0.15) is 13.2 Å². The summed E-state index contributed by atoms with van der Waals surface area (Å²) in [5.41, 5.74) is 0.282. The summed E-state index contributed by atoms with van der Waals surface area (Å²) in [6.07, 6.45) is -0.294. The fourth-order valence-corrected chi connectivity index (χ4v) is 4.12. The van der Waals surface area contributed by atoms with Gasteiger partial charge in [0.25, 0.3) is 5.91 Å². The van der Waals surface area contributed by atoms with Crippen molar-refractivity contribution in [3.8, 4) is 11.1 Å². The van der Waals surface area contributed by atoms with Gasteiger partial charge in [0, 0.05) is 36.8 Å². The number of rotatable bonds is 6. The molecule has 0 aliphatic heterocycles. The number of hydrogen-bond acceptors (Lipinski definition) is 3. The molecular weight excluding hydrogens is 510 g/mol. The molecule has 4 rings (SSSR count). The Labute approximate surface area is 214 Å². The summed E-state index contributed by atoms with van der Waals surface area (Å²) < 4.78 is 57.8. The number of imidazole rings is 1. The summed E-state index contributed by atoms with van der Waals surface area (Å²) in [5.74, 6) is -1.14. The van der Waals surface area contributed by atoms with E-state index in [-0.39, 0.29) is 33.9 Å². The van der Waals surface area contributed by atoms with Gasteiger partial charge in [0.1, 0.15) is 5.82 Å². The van der Waals surface area contributed by atoms with Gasteiger partial charge in [-0.05, 0) is 60.0 Å². The number of halogens is 5. The van der Waals surface area contributed by atoms with Gasteiger partial charge in [0.15, 0.2) is 5.69 Å². The van der Waals surface area contributed by atoms with Crippen LogP contribution in [0.15, 0.2) is 67.1 Å². The van der Waals surface area contributed by atoms with E-state index in [4.69, 9.17) is 17.0 Å². The first kappa shape index (κ1) is 26.2. The van der Waals surface area contributed by atoms with Gasteiger partial charge < -0.3 is 14.5 Å². The minimum Gasteiger partial charge on any atom is -0.346 e. The molecule has 0 fully saturated rings. The van der Waals surface area contributed by atoms with Gasteiger partial charge in [-0.3, -0.25) is 15.2 Å². The maximum absolute atomic E-state index is 13.7. The van der Waals surface area contributed by atoms with E-state index in [9.17, 15) is 22.4 Å². The maximum Gasteiger partial charge on any atom is 0.433 e. The lowest BCUT2D eigenvalue weighted by Crippen LogP contribution is -2.27. The Bertz CT molecular complexity index is 1530. The normalized spacial score (nSPS) is 12.4. The van der Waals surface area contributed by atoms with Crippen molar-refractivity contribution in [3.63, 3.8) is 0 Å². The zero-order valence-electron chi connectivity index (χ0n) is 19.8.